The summed E-state index contributed by atoms with van der Waals surface area (Å²) in [4.78, 5) is 25.5. The number of carbonyl (C=O) groups is 2. The number of carboxylic acid groups (broad SMARTS) is 1. The van der Waals surface area contributed by atoms with Gasteiger partial charge in [0.1, 0.15) is 6.04 Å². The first kappa shape index (κ1) is 13.1. The van der Waals surface area contributed by atoms with Crippen LogP contribution in [0, 0.1) is 0 Å². The number of nitrogens with one attached hydrogen (secondary N) is 1. The fourth-order valence-electron chi connectivity index (χ4n) is 3.07. The van der Waals surface area contributed by atoms with Gasteiger partial charge in [-0.05, 0) is 30.5 Å². The Morgan fingerprint density at radius 1 is 1.25 bits per heavy atom. The summed E-state index contributed by atoms with van der Waals surface area (Å²) < 4.78 is 0. The summed E-state index contributed by atoms with van der Waals surface area (Å²) >= 11 is 0. The van der Waals surface area contributed by atoms with Gasteiger partial charge >= 0.3 is 5.97 Å². The first-order valence-electron chi connectivity index (χ1n) is 7.00. The molecule has 2 atom stereocenters. The summed E-state index contributed by atoms with van der Waals surface area (Å²) in [6.45, 7) is 1.22. The van der Waals surface area contributed by atoms with Crippen molar-refractivity contribution in [3.8, 4) is 0 Å². The van der Waals surface area contributed by atoms with Crippen LogP contribution in [-0.2, 0) is 22.6 Å². The second-order valence-electron chi connectivity index (χ2n) is 5.44. The minimum absolute atomic E-state index is 0.0793. The van der Waals surface area contributed by atoms with Gasteiger partial charge in [-0.15, -0.1) is 0 Å². The van der Waals surface area contributed by atoms with E-state index in [0.717, 1.165) is 30.5 Å². The molecule has 5 nitrogen and oxygen atoms in total. The van der Waals surface area contributed by atoms with Crippen LogP contribution in [0.4, 0.5) is 0 Å². The highest BCUT2D eigenvalue weighted by Gasteiger charge is 2.37. The van der Waals surface area contributed by atoms with Crippen molar-refractivity contribution in [2.75, 3.05) is 6.54 Å². The van der Waals surface area contributed by atoms with Crippen molar-refractivity contribution in [1.82, 2.24) is 10.2 Å². The number of fused-ring (bicyclic) bond motifs is 1. The zero-order valence-electron chi connectivity index (χ0n) is 11.2. The number of rotatable bonds is 2. The highest BCUT2D eigenvalue weighted by molar-refractivity contribution is 5.88. The van der Waals surface area contributed by atoms with Crippen molar-refractivity contribution >= 4 is 11.9 Å². The van der Waals surface area contributed by atoms with Gasteiger partial charge in [0.15, 0.2) is 0 Å². The maximum Gasteiger partial charge on any atom is 0.326 e. The highest BCUT2D eigenvalue weighted by atomic mass is 16.4. The second kappa shape index (κ2) is 5.25. The van der Waals surface area contributed by atoms with E-state index in [4.69, 9.17) is 0 Å². The topological polar surface area (TPSA) is 69.6 Å². The fraction of sp³-hybridized carbons (Fsp3) is 0.467. The summed E-state index contributed by atoms with van der Waals surface area (Å²) in [7, 11) is 0. The maximum atomic E-state index is 12.5. The molecule has 1 aromatic carbocycles. The molecule has 106 valence electrons. The van der Waals surface area contributed by atoms with Gasteiger partial charge < -0.3 is 15.3 Å². The Bertz CT molecular complexity index is 538. The molecule has 3 rings (SSSR count). The molecule has 0 bridgehead atoms. The molecule has 1 saturated heterocycles. The van der Waals surface area contributed by atoms with E-state index in [1.165, 1.54) is 4.90 Å². The average molecular weight is 274 g/mol. The van der Waals surface area contributed by atoms with Crippen LogP contribution in [0.1, 0.15) is 24.0 Å². The van der Waals surface area contributed by atoms with Gasteiger partial charge in [0.25, 0.3) is 0 Å². The molecule has 2 aliphatic rings. The van der Waals surface area contributed by atoms with Gasteiger partial charge in [0, 0.05) is 13.0 Å². The van der Waals surface area contributed by atoms with Gasteiger partial charge in [0.05, 0.1) is 6.04 Å². The van der Waals surface area contributed by atoms with E-state index in [1.54, 1.807) is 0 Å². The van der Waals surface area contributed by atoms with Gasteiger partial charge in [-0.3, -0.25) is 4.79 Å². The zero-order chi connectivity index (χ0) is 14.1. The summed E-state index contributed by atoms with van der Waals surface area (Å²) in [6.07, 6.45) is 2.16. The molecule has 5 heteroatoms. The molecular formula is C15H18N2O3. The Balaban J connectivity index is 1.88. The molecule has 1 amide bonds. The van der Waals surface area contributed by atoms with Gasteiger partial charge in [-0.2, -0.15) is 0 Å². The van der Waals surface area contributed by atoms with Crippen LogP contribution in [0.15, 0.2) is 24.3 Å². The lowest BCUT2D eigenvalue weighted by molar-refractivity contribution is -0.152. The maximum absolute atomic E-state index is 12.5. The van der Waals surface area contributed by atoms with E-state index in [1.807, 2.05) is 24.3 Å². The van der Waals surface area contributed by atoms with Crippen molar-refractivity contribution in [3.63, 3.8) is 0 Å². The first-order valence-corrected chi connectivity index (χ1v) is 7.00. The number of aliphatic carboxylic acids is 1. The third-order valence-corrected chi connectivity index (χ3v) is 4.18. The van der Waals surface area contributed by atoms with Crippen molar-refractivity contribution in [2.45, 2.75) is 37.9 Å². The Labute approximate surface area is 117 Å². The van der Waals surface area contributed by atoms with E-state index < -0.39 is 12.0 Å². The lowest BCUT2D eigenvalue weighted by Gasteiger charge is -2.36. The zero-order valence-corrected chi connectivity index (χ0v) is 11.2. The molecule has 2 N–H and O–H groups in total. The molecule has 0 spiro atoms. The van der Waals surface area contributed by atoms with Gasteiger partial charge in [-0.1, -0.05) is 24.3 Å². The first-order chi connectivity index (χ1) is 9.66. The molecular weight excluding hydrogens is 256 g/mol. The number of hydrogen-bond donors (Lipinski definition) is 2. The van der Waals surface area contributed by atoms with Gasteiger partial charge in [0.2, 0.25) is 5.91 Å². The van der Waals surface area contributed by atoms with Crippen LogP contribution >= 0.6 is 0 Å². The molecule has 0 aromatic heterocycles. The predicted molar refractivity (Wildman–Crippen MR) is 73.1 cm³/mol. The van der Waals surface area contributed by atoms with E-state index in [-0.39, 0.29) is 11.9 Å². The van der Waals surface area contributed by atoms with Crippen molar-refractivity contribution in [3.05, 3.63) is 35.4 Å². The molecule has 1 fully saturated rings. The Hall–Kier alpha value is -1.88. The fourth-order valence-corrected chi connectivity index (χ4v) is 3.07. The minimum atomic E-state index is -0.925. The monoisotopic (exact) mass is 274 g/mol. The molecule has 20 heavy (non-hydrogen) atoms. The lowest BCUT2D eigenvalue weighted by atomic mass is 9.93. The van der Waals surface area contributed by atoms with E-state index in [0.29, 0.717) is 13.0 Å². The molecule has 2 heterocycles. The second-order valence-corrected chi connectivity index (χ2v) is 5.44. The number of nitrogens with zero attached hydrogens (tertiary/aromatic N) is 1. The Morgan fingerprint density at radius 2 is 2.00 bits per heavy atom. The number of carbonyl (C=O) groups excluding carboxylic acids is 1. The summed E-state index contributed by atoms with van der Waals surface area (Å²) in [5, 5.41) is 12.6. The van der Waals surface area contributed by atoms with Crippen LogP contribution in [0.2, 0.25) is 0 Å². The Morgan fingerprint density at radius 3 is 2.65 bits per heavy atom. The third kappa shape index (κ3) is 2.29. The summed E-state index contributed by atoms with van der Waals surface area (Å²) in [6, 6.07) is 6.78. The van der Waals surface area contributed by atoms with E-state index in [2.05, 4.69) is 5.32 Å². The van der Waals surface area contributed by atoms with Crippen molar-refractivity contribution in [1.29, 1.82) is 0 Å². The van der Waals surface area contributed by atoms with E-state index in [9.17, 15) is 14.7 Å². The number of carboxylic acids is 1. The molecule has 2 aliphatic heterocycles. The summed E-state index contributed by atoms with van der Waals surface area (Å²) in [5.74, 6) is -1.00. The van der Waals surface area contributed by atoms with Gasteiger partial charge in [-0.25, -0.2) is 4.79 Å². The minimum Gasteiger partial charge on any atom is -0.480 e. The highest BCUT2D eigenvalue weighted by Crippen LogP contribution is 2.25. The number of benzene rings is 1. The number of hydrogen-bond acceptors (Lipinski definition) is 3. The molecule has 0 radical (unpaired) electrons. The summed E-state index contributed by atoms with van der Waals surface area (Å²) in [5.41, 5.74) is 2.08. The average Bonchev–Trinajstić information content (AvgIpc) is 2.99. The van der Waals surface area contributed by atoms with Crippen LogP contribution in [0.5, 0.6) is 0 Å². The number of amides is 1. The Kier molecular flexibility index (Phi) is 3.44. The van der Waals surface area contributed by atoms with Crippen LogP contribution in [0.25, 0.3) is 0 Å². The molecule has 1 aromatic rings. The normalized spacial score (nSPS) is 25.3. The smallest absolute Gasteiger partial charge is 0.326 e. The largest absolute Gasteiger partial charge is 0.480 e. The van der Waals surface area contributed by atoms with Crippen molar-refractivity contribution in [2.24, 2.45) is 0 Å². The van der Waals surface area contributed by atoms with Crippen LogP contribution in [0.3, 0.4) is 0 Å². The molecule has 0 unspecified atom stereocenters. The van der Waals surface area contributed by atoms with Crippen molar-refractivity contribution < 1.29 is 14.7 Å². The lowest BCUT2D eigenvalue weighted by Crippen LogP contribution is -2.53. The predicted octanol–water partition coefficient (Wildman–Crippen LogP) is 0.776. The standard InChI is InChI=1S/C15H18N2O3/c18-14(12-6-3-7-16-12)17-9-11-5-2-1-4-10(11)8-13(17)15(19)20/h1-2,4-5,12-13,16H,3,6-9H2,(H,19,20)/t12-,13+/m1/s1. The molecule has 0 saturated carbocycles. The van der Waals surface area contributed by atoms with Crippen LogP contribution < -0.4 is 5.32 Å². The quantitative estimate of drug-likeness (QED) is 0.836. The SMILES string of the molecule is O=C(O)[C@@H]1Cc2ccccc2CN1C(=O)[C@H]1CCCN1. The third-order valence-electron chi connectivity index (χ3n) is 4.18. The van der Waals surface area contributed by atoms with E-state index >= 15 is 0 Å². The van der Waals surface area contributed by atoms with Crippen LogP contribution in [-0.4, -0.2) is 40.5 Å². The molecule has 0 aliphatic carbocycles.